The molecule has 32 heavy (non-hydrogen) atoms. The van der Waals surface area contributed by atoms with E-state index < -0.39 is 17.2 Å². The first kappa shape index (κ1) is 23.7. The number of thioether (sulfide) groups is 1. The molecule has 6 nitrogen and oxygen atoms in total. The smallest absolute Gasteiger partial charge is 0.237 e. The highest BCUT2D eigenvalue weighted by atomic mass is 32.2. The fourth-order valence-electron chi connectivity index (χ4n) is 3.00. The molecule has 1 aromatic heterocycles. The van der Waals surface area contributed by atoms with Crippen molar-refractivity contribution in [2.75, 3.05) is 5.32 Å². The number of carbonyl (C=O) groups is 1. The standard InChI is InChI=1S/C23H26F2N4O2S/c1-14(2)13-29-21(15(3)31-20-8-6-5-7-19(20)25)27-28-23(29)32-16(4)22(30)26-18-11-9-17(24)10-12-18/h5-12,14-16H,13H2,1-4H3,(H,26,30). The summed E-state index contributed by atoms with van der Waals surface area (Å²) in [5.41, 5.74) is 0.514. The molecule has 0 bridgehead atoms. The van der Waals surface area contributed by atoms with Crippen molar-refractivity contribution in [3.05, 3.63) is 66.0 Å². The van der Waals surface area contributed by atoms with Gasteiger partial charge in [0.25, 0.3) is 0 Å². The average Bonchev–Trinajstić information content (AvgIpc) is 3.13. The van der Waals surface area contributed by atoms with Crippen LogP contribution in [0.15, 0.2) is 53.7 Å². The van der Waals surface area contributed by atoms with Gasteiger partial charge in [-0.1, -0.05) is 37.7 Å². The third-order valence-electron chi connectivity index (χ3n) is 4.56. The highest BCUT2D eigenvalue weighted by Gasteiger charge is 2.24. The van der Waals surface area contributed by atoms with Crippen molar-refractivity contribution < 1.29 is 18.3 Å². The zero-order chi connectivity index (χ0) is 23.3. The Balaban J connectivity index is 1.75. The molecule has 1 heterocycles. The van der Waals surface area contributed by atoms with Crippen LogP contribution in [0.3, 0.4) is 0 Å². The molecule has 0 aliphatic rings. The number of nitrogens with zero attached hydrogens (tertiary/aromatic N) is 3. The Morgan fingerprint density at radius 3 is 2.41 bits per heavy atom. The molecular weight excluding hydrogens is 434 g/mol. The van der Waals surface area contributed by atoms with Gasteiger partial charge >= 0.3 is 0 Å². The van der Waals surface area contributed by atoms with Crippen molar-refractivity contribution in [1.29, 1.82) is 0 Å². The summed E-state index contributed by atoms with van der Waals surface area (Å²) in [6, 6.07) is 11.8. The molecule has 3 aromatic rings. The second-order valence-corrected chi connectivity index (χ2v) is 9.10. The number of benzene rings is 2. The zero-order valence-corrected chi connectivity index (χ0v) is 19.2. The van der Waals surface area contributed by atoms with Gasteiger partial charge in [0.05, 0.1) is 5.25 Å². The highest BCUT2D eigenvalue weighted by Crippen LogP contribution is 2.29. The number of hydrogen-bond donors (Lipinski definition) is 1. The van der Waals surface area contributed by atoms with Gasteiger partial charge in [-0.2, -0.15) is 0 Å². The Labute approximate surface area is 190 Å². The number of ether oxygens (including phenoxy) is 1. The number of halogens is 2. The maximum absolute atomic E-state index is 14.0. The third-order valence-corrected chi connectivity index (χ3v) is 5.64. The van der Waals surface area contributed by atoms with Crippen LogP contribution < -0.4 is 10.1 Å². The third kappa shape index (κ3) is 6.06. The van der Waals surface area contributed by atoms with Crippen LogP contribution in [-0.2, 0) is 11.3 Å². The molecule has 2 unspecified atom stereocenters. The Hall–Kier alpha value is -2.94. The predicted molar refractivity (Wildman–Crippen MR) is 121 cm³/mol. The summed E-state index contributed by atoms with van der Waals surface area (Å²) < 4.78 is 34.8. The predicted octanol–water partition coefficient (Wildman–Crippen LogP) is 5.47. The van der Waals surface area contributed by atoms with Crippen LogP contribution in [0.2, 0.25) is 0 Å². The van der Waals surface area contributed by atoms with Crippen LogP contribution in [0, 0.1) is 17.6 Å². The molecule has 0 aliphatic carbocycles. The lowest BCUT2D eigenvalue weighted by molar-refractivity contribution is -0.115. The maximum atomic E-state index is 14.0. The largest absolute Gasteiger partial charge is 0.480 e. The number of para-hydroxylation sites is 1. The van der Waals surface area contributed by atoms with E-state index >= 15 is 0 Å². The van der Waals surface area contributed by atoms with Crippen LogP contribution in [0.25, 0.3) is 0 Å². The molecule has 0 fully saturated rings. The number of aromatic nitrogens is 3. The zero-order valence-electron chi connectivity index (χ0n) is 18.4. The molecule has 2 aromatic carbocycles. The van der Waals surface area contributed by atoms with E-state index in [4.69, 9.17) is 4.74 Å². The summed E-state index contributed by atoms with van der Waals surface area (Å²) >= 11 is 1.26. The van der Waals surface area contributed by atoms with Crippen LogP contribution in [0.1, 0.15) is 39.6 Å². The minimum absolute atomic E-state index is 0.139. The maximum Gasteiger partial charge on any atom is 0.237 e. The lowest BCUT2D eigenvalue weighted by Gasteiger charge is -2.19. The SMILES string of the molecule is CC(C)Cn1c(SC(C)C(=O)Nc2ccc(F)cc2)nnc1C(C)Oc1ccccc1F. The van der Waals surface area contributed by atoms with E-state index in [2.05, 4.69) is 29.4 Å². The van der Waals surface area contributed by atoms with E-state index in [0.717, 1.165) is 0 Å². The Morgan fingerprint density at radius 1 is 1.06 bits per heavy atom. The minimum atomic E-state index is -0.546. The fraction of sp³-hybridized carbons (Fsp3) is 0.348. The Kier molecular flexibility index (Phi) is 7.84. The molecule has 1 amide bonds. The number of amides is 1. The number of anilines is 1. The van der Waals surface area contributed by atoms with Crippen LogP contribution in [-0.4, -0.2) is 25.9 Å². The first-order chi connectivity index (χ1) is 15.2. The second kappa shape index (κ2) is 10.6. The lowest BCUT2D eigenvalue weighted by atomic mass is 10.2. The van der Waals surface area contributed by atoms with E-state index in [1.807, 2.05) is 4.57 Å². The highest BCUT2D eigenvalue weighted by molar-refractivity contribution is 8.00. The first-order valence-corrected chi connectivity index (χ1v) is 11.2. The molecule has 0 spiro atoms. The van der Waals surface area contributed by atoms with E-state index in [-0.39, 0.29) is 23.4 Å². The van der Waals surface area contributed by atoms with Gasteiger partial charge in [-0.25, -0.2) is 8.78 Å². The lowest BCUT2D eigenvalue weighted by Crippen LogP contribution is -2.23. The van der Waals surface area contributed by atoms with Crippen molar-refractivity contribution in [3.63, 3.8) is 0 Å². The van der Waals surface area contributed by atoms with Crippen molar-refractivity contribution in [3.8, 4) is 5.75 Å². The molecule has 2 atom stereocenters. The quantitative estimate of drug-likeness (QED) is 0.429. The van der Waals surface area contributed by atoms with Gasteiger partial charge < -0.3 is 14.6 Å². The van der Waals surface area contributed by atoms with Crippen LogP contribution >= 0.6 is 11.8 Å². The summed E-state index contributed by atoms with van der Waals surface area (Å²) in [6.45, 7) is 8.28. The summed E-state index contributed by atoms with van der Waals surface area (Å²) in [7, 11) is 0. The molecule has 0 saturated carbocycles. The normalized spacial score (nSPS) is 13.1. The summed E-state index contributed by atoms with van der Waals surface area (Å²) in [5, 5.41) is 11.4. The number of hydrogen-bond acceptors (Lipinski definition) is 5. The van der Waals surface area contributed by atoms with Gasteiger partial charge in [-0.3, -0.25) is 4.79 Å². The molecule has 3 rings (SSSR count). The molecule has 0 aliphatic heterocycles. The van der Waals surface area contributed by atoms with Gasteiger partial charge in [-0.05, 0) is 56.2 Å². The van der Waals surface area contributed by atoms with Gasteiger partial charge in [0.15, 0.2) is 28.7 Å². The first-order valence-electron chi connectivity index (χ1n) is 10.3. The molecule has 170 valence electrons. The van der Waals surface area contributed by atoms with E-state index in [9.17, 15) is 13.6 Å². The molecule has 0 radical (unpaired) electrons. The topological polar surface area (TPSA) is 69.0 Å². The van der Waals surface area contributed by atoms with E-state index in [1.165, 1.54) is 42.1 Å². The number of rotatable bonds is 9. The van der Waals surface area contributed by atoms with Gasteiger partial charge in [-0.15, -0.1) is 10.2 Å². The van der Waals surface area contributed by atoms with E-state index in [0.29, 0.717) is 23.2 Å². The van der Waals surface area contributed by atoms with Gasteiger partial charge in [0.2, 0.25) is 5.91 Å². The van der Waals surface area contributed by atoms with Crippen molar-refractivity contribution >= 4 is 23.4 Å². The summed E-state index contributed by atoms with van der Waals surface area (Å²) in [4.78, 5) is 12.6. The number of nitrogens with one attached hydrogen (secondary N) is 1. The van der Waals surface area contributed by atoms with Crippen LogP contribution in [0.5, 0.6) is 5.75 Å². The summed E-state index contributed by atoms with van der Waals surface area (Å²) in [5.74, 6) is -0.0802. The summed E-state index contributed by atoms with van der Waals surface area (Å²) in [6.07, 6.45) is -0.546. The minimum Gasteiger partial charge on any atom is -0.480 e. The van der Waals surface area contributed by atoms with Crippen molar-refractivity contribution in [1.82, 2.24) is 14.8 Å². The molecule has 0 saturated heterocycles. The van der Waals surface area contributed by atoms with Crippen molar-refractivity contribution in [2.24, 2.45) is 5.92 Å². The van der Waals surface area contributed by atoms with E-state index in [1.54, 1.807) is 32.0 Å². The van der Waals surface area contributed by atoms with Crippen LogP contribution in [0.4, 0.5) is 14.5 Å². The monoisotopic (exact) mass is 460 g/mol. The number of carbonyl (C=O) groups excluding carboxylic acids is 1. The molecule has 1 N–H and O–H groups in total. The van der Waals surface area contributed by atoms with Gasteiger partial charge in [0, 0.05) is 12.2 Å². The Bertz CT molecular complexity index is 1060. The van der Waals surface area contributed by atoms with Crippen molar-refractivity contribution in [2.45, 2.75) is 50.8 Å². The Morgan fingerprint density at radius 2 is 1.75 bits per heavy atom. The average molecular weight is 461 g/mol. The second-order valence-electron chi connectivity index (χ2n) is 7.79. The fourth-order valence-corrected chi connectivity index (χ4v) is 3.86. The van der Waals surface area contributed by atoms with Gasteiger partial charge in [0.1, 0.15) is 5.82 Å². The molecular formula is C23H26F2N4O2S. The molecule has 9 heteroatoms.